The molecule has 0 radical (unpaired) electrons. The van der Waals surface area contributed by atoms with Gasteiger partial charge in [0, 0.05) is 19.4 Å². The van der Waals surface area contributed by atoms with E-state index in [1.165, 1.54) is 18.2 Å². The summed E-state index contributed by atoms with van der Waals surface area (Å²) < 4.78 is 1.78. The van der Waals surface area contributed by atoms with Gasteiger partial charge in [-0.05, 0) is 12.1 Å². The van der Waals surface area contributed by atoms with Gasteiger partial charge in [-0.1, -0.05) is 6.07 Å². The monoisotopic (exact) mass is 260 g/mol. The standard InChI is InChI=1S/C12H12N4O3/c1-16-6-5-13-10(16)7-14-11(17)8-3-2-4-9(15-8)12(18)19/h2-6H,7H2,1H3,(H,14,17)(H,18,19). The third-order valence-electron chi connectivity index (χ3n) is 2.53. The Balaban J connectivity index is 2.06. The van der Waals surface area contributed by atoms with Crippen LogP contribution in [0.5, 0.6) is 0 Å². The van der Waals surface area contributed by atoms with E-state index in [2.05, 4.69) is 15.3 Å². The van der Waals surface area contributed by atoms with Crippen molar-refractivity contribution in [1.82, 2.24) is 19.9 Å². The highest BCUT2D eigenvalue weighted by molar-refractivity contribution is 5.94. The van der Waals surface area contributed by atoms with Crippen LogP contribution in [0.2, 0.25) is 0 Å². The maximum atomic E-state index is 11.8. The van der Waals surface area contributed by atoms with Gasteiger partial charge in [0.15, 0.2) is 0 Å². The molecule has 0 atom stereocenters. The summed E-state index contributed by atoms with van der Waals surface area (Å²) in [4.78, 5) is 30.4. The Labute approximate surface area is 108 Å². The summed E-state index contributed by atoms with van der Waals surface area (Å²) in [5, 5.41) is 11.4. The molecule has 0 bridgehead atoms. The summed E-state index contributed by atoms with van der Waals surface area (Å²) >= 11 is 0. The summed E-state index contributed by atoms with van der Waals surface area (Å²) in [5.74, 6) is -0.910. The summed E-state index contributed by atoms with van der Waals surface area (Å²) in [6.07, 6.45) is 3.40. The van der Waals surface area contributed by atoms with Gasteiger partial charge in [-0.25, -0.2) is 14.8 Å². The van der Waals surface area contributed by atoms with Gasteiger partial charge in [0.25, 0.3) is 5.91 Å². The van der Waals surface area contributed by atoms with Crippen molar-refractivity contribution in [1.29, 1.82) is 0 Å². The second kappa shape index (κ2) is 5.30. The van der Waals surface area contributed by atoms with E-state index in [9.17, 15) is 9.59 Å². The predicted molar refractivity (Wildman–Crippen MR) is 65.6 cm³/mol. The van der Waals surface area contributed by atoms with Crippen molar-refractivity contribution >= 4 is 11.9 Å². The number of carbonyl (C=O) groups is 2. The summed E-state index contributed by atoms with van der Waals surface area (Å²) in [5.41, 5.74) is -0.0984. The van der Waals surface area contributed by atoms with Crippen LogP contribution < -0.4 is 5.32 Å². The van der Waals surface area contributed by atoms with Crippen LogP contribution >= 0.6 is 0 Å². The molecule has 98 valence electrons. The first kappa shape index (κ1) is 12.7. The van der Waals surface area contributed by atoms with Gasteiger partial charge < -0.3 is 15.0 Å². The van der Waals surface area contributed by atoms with E-state index in [-0.39, 0.29) is 17.9 Å². The van der Waals surface area contributed by atoms with Crippen molar-refractivity contribution in [3.8, 4) is 0 Å². The van der Waals surface area contributed by atoms with Gasteiger partial charge >= 0.3 is 5.97 Å². The van der Waals surface area contributed by atoms with Gasteiger partial charge in [-0.2, -0.15) is 0 Å². The number of aryl methyl sites for hydroxylation is 1. The Kier molecular flexibility index (Phi) is 3.56. The van der Waals surface area contributed by atoms with Gasteiger partial charge in [0.1, 0.15) is 17.2 Å². The zero-order valence-corrected chi connectivity index (χ0v) is 10.2. The number of nitrogens with zero attached hydrogens (tertiary/aromatic N) is 3. The molecule has 2 aromatic rings. The first-order chi connectivity index (χ1) is 9.08. The predicted octanol–water partition coefficient (Wildman–Crippen LogP) is 0.443. The normalized spacial score (nSPS) is 10.2. The molecule has 0 aliphatic rings. The Morgan fingerprint density at radius 2 is 2.11 bits per heavy atom. The number of aromatic carboxylic acids is 1. The Bertz CT molecular complexity index is 621. The molecule has 0 saturated carbocycles. The fourth-order valence-corrected chi connectivity index (χ4v) is 1.50. The topological polar surface area (TPSA) is 97.1 Å². The number of imidazole rings is 1. The van der Waals surface area contributed by atoms with Crippen LogP contribution in [0.3, 0.4) is 0 Å². The molecule has 2 N–H and O–H groups in total. The van der Waals surface area contributed by atoms with Gasteiger partial charge in [0.2, 0.25) is 0 Å². The minimum atomic E-state index is -1.17. The Morgan fingerprint density at radius 1 is 1.37 bits per heavy atom. The van der Waals surface area contributed by atoms with Crippen LogP contribution in [0.25, 0.3) is 0 Å². The number of carbonyl (C=O) groups excluding carboxylic acids is 1. The second-order valence-electron chi connectivity index (χ2n) is 3.85. The summed E-state index contributed by atoms with van der Waals surface area (Å²) in [6, 6.07) is 4.27. The number of pyridine rings is 1. The number of rotatable bonds is 4. The van der Waals surface area contributed by atoms with E-state index in [1.54, 1.807) is 17.0 Å². The van der Waals surface area contributed by atoms with Gasteiger partial charge in [-0.3, -0.25) is 4.79 Å². The number of hydrogen-bond acceptors (Lipinski definition) is 4. The summed E-state index contributed by atoms with van der Waals surface area (Å²) in [6.45, 7) is 0.251. The zero-order valence-electron chi connectivity index (χ0n) is 10.2. The van der Waals surface area contributed by atoms with E-state index >= 15 is 0 Å². The molecule has 2 heterocycles. The molecule has 0 aliphatic carbocycles. The molecule has 2 rings (SSSR count). The van der Waals surface area contributed by atoms with E-state index in [0.29, 0.717) is 5.82 Å². The smallest absolute Gasteiger partial charge is 0.354 e. The fraction of sp³-hybridized carbons (Fsp3) is 0.167. The number of nitrogens with one attached hydrogen (secondary N) is 1. The number of hydrogen-bond donors (Lipinski definition) is 2. The van der Waals surface area contributed by atoms with Crippen LogP contribution in [0.4, 0.5) is 0 Å². The van der Waals surface area contributed by atoms with E-state index < -0.39 is 11.9 Å². The van der Waals surface area contributed by atoms with Crippen LogP contribution in [0.15, 0.2) is 30.6 Å². The van der Waals surface area contributed by atoms with E-state index in [4.69, 9.17) is 5.11 Å². The number of carboxylic acid groups (broad SMARTS) is 1. The average molecular weight is 260 g/mol. The lowest BCUT2D eigenvalue weighted by atomic mass is 10.3. The van der Waals surface area contributed by atoms with Crippen molar-refractivity contribution in [2.75, 3.05) is 0 Å². The second-order valence-corrected chi connectivity index (χ2v) is 3.85. The highest BCUT2D eigenvalue weighted by atomic mass is 16.4. The zero-order chi connectivity index (χ0) is 13.8. The maximum absolute atomic E-state index is 11.8. The largest absolute Gasteiger partial charge is 0.477 e. The first-order valence-electron chi connectivity index (χ1n) is 5.52. The minimum Gasteiger partial charge on any atom is -0.477 e. The summed E-state index contributed by atoms with van der Waals surface area (Å²) in [7, 11) is 1.82. The first-order valence-corrected chi connectivity index (χ1v) is 5.52. The molecular formula is C12H12N4O3. The van der Waals surface area contributed by atoms with Crippen LogP contribution in [-0.2, 0) is 13.6 Å². The highest BCUT2D eigenvalue weighted by Crippen LogP contribution is 2.01. The minimum absolute atomic E-state index is 0.0640. The number of carboxylic acids is 1. The molecule has 2 aromatic heterocycles. The lowest BCUT2D eigenvalue weighted by Gasteiger charge is -2.05. The molecule has 0 saturated heterocycles. The van der Waals surface area contributed by atoms with Crippen molar-refractivity contribution in [3.05, 3.63) is 47.8 Å². The molecular weight excluding hydrogens is 248 g/mol. The van der Waals surface area contributed by atoms with Gasteiger partial charge in [0.05, 0.1) is 6.54 Å². The van der Waals surface area contributed by atoms with Crippen molar-refractivity contribution in [2.24, 2.45) is 7.05 Å². The van der Waals surface area contributed by atoms with Crippen molar-refractivity contribution in [3.63, 3.8) is 0 Å². The fourth-order valence-electron chi connectivity index (χ4n) is 1.50. The molecule has 7 heteroatoms. The van der Waals surface area contributed by atoms with Crippen LogP contribution in [0.1, 0.15) is 26.8 Å². The quantitative estimate of drug-likeness (QED) is 0.831. The lowest BCUT2D eigenvalue weighted by molar-refractivity contribution is 0.0690. The molecule has 19 heavy (non-hydrogen) atoms. The molecule has 0 spiro atoms. The van der Waals surface area contributed by atoms with Crippen LogP contribution in [-0.4, -0.2) is 31.5 Å². The molecule has 0 aromatic carbocycles. The third-order valence-corrected chi connectivity index (χ3v) is 2.53. The van der Waals surface area contributed by atoms with Crippen molar-refractivity contribution in [2.45, 2.75) is 6.54 Å². The molecule has 0 aliphatic heterocycles. The highest BCUT2D eigenvalue weighted by Gasteiger charge is 2.11. The van der Waals surface area contributed by atoms with Crippen molar-refractivity contribution < 1.29 is 14.7 Å². The number of aromatic nitrogens is 3. The maximum Gasteiger partial charge on any atom is 0.354 e. The van der Waals surface area contributed by atoms with E-state index in [1.807, 2.05) is 7.05 Å². The molecule has 1 amide bonds. The third kappa shape index (κ3) is 2.95. The average Bonchev–Trinajstić information content (AvgIpc) is 2.81. The molecule has 0 fully saturated rings. The lowest BCUT2D eigenvalue weighted by Crippen LogP contribution is -2.25. The molecule has 7 nitrogen and oxygen atoms in total. The number of amides is 1. The van der Waals surface area contributed by atoms with E-state index in [0.717, 1.165) is 0 Å². The van der Waals surface area contributed by atoms with Gasteiger partial charge in [-0.15, -0.1) is 0 Å². The molecule has 0 unspecified atom stereocenters. The van der Waals surface area contributed by atoms with Crippen LogP contribution in [0, 0.1) is 0 Å². The Morgan fingerprint density at radius 3 is 2.74 bits per heavy atom. The SMILES string of the molecule is Cn1ccnc1CNC(=O)c1cccc(C(=O)O)n1. The Hall–Kier alpha value is -2.70.